The van der Waals surface area contributed by atoms with Crippen LogP contribution in [0.3, 0.4) is 0 Å². The summed E-state index contributed by atoms with van der Waals surface area (Å²) >= 11 is 1.89. The lowest BCUT2D eigenvalue weighted by Gasteiger charge is -2.12. The van der Waals surface area contributed by atoms with Crippen LogP contribution in [0.15, 0.2) is 169 Å². The zero-order valence-electron chi connectivity index (χ0n) is 28.1. The Hall–Kier alpha value is -6.29. The molecule has 0 aliphatic heterocycles. The van der Waals surface area contributed by atoms with Gasteiger partial charge in [-0.05, 0) is 58.1 Å². The standard InChI is InChI=1S/C48H32N2S/c1-30-12-3-5-15-36(30)46(40-19-11-14-33-13-4-6-16-37(33)40)49-31(2)32-22-26-35(27-23-32)50-43-20-9-7-17-38(43)41-28-24-34-25-29-42-39-18-8-10-21-44(39)51-48(42)45(34)47(41)50/h3-29H,1H2,2H3/b46-36-,49-31?. The Balaban J connectivity index is 1.18. The van der Waals surface area contributed by atoms with Crippen molar-refractivity contribution in [1.29, 1.82) is 0 Å². The lowest BCUT2D eigenvalue weighted by molar-refractivity contribution is 1.19. The number of hydrogen-bond donors (Lipinski definition) is 0. The highest BCUT2D eigenvalue weighted by Gasteiger charge is 2.18. The second kappa shape index (κ2) is 11.7. The van der Waals surface area contributed by atoms with Crippen molar-refractivity contribution < 1.29 is 0 Å². The van der Waals surface area contributed by atoms with Gasteiger partial charge in [0.2, 0.25) is 0 Å². The molecule has 3 heteroatoms. The van der Waals surface area contributed by atoms with Gasteiger partial charge in [-0.3, -0.25) is 4.99 Å². The molecule has 0 spiro atoms. The van der Waals surface area contributed by atoms with Gasteiger partial charge in [-0.1, -0.05) is 146 Å². The van der Waals surface area contributed by atoms with Gasteiger partial charge in [-0.15, -0.1) is 11.3 Å². The van der Waals surface area contributed by atoms with Crippen LogP contribution in [0.4, 0.5) is 0 Å². The van der Waals surface area contributed by atoms with Crippen LogP contribution in [-0.2, 0) is 0 Å². The Labute approximate surface area is 299 Å². The zero-order valence-corrected chi connectivity index (χ0v) is 28.9. The van der Waals surface area contributed by atoms with Gasteiger partial charge in [0.15, 0.2) is 0 Å². The zero-order chi connectivity index (χ0) is 34.1. The summed E-state index contributed by atoms with van der Waals surface area (Å²) in [6.45, 7) is 6.49. The molecule has 2 aromatic heterocycles. The first-order chi connectivity index (χ1) is 25.1. The molecular formula is C48H32N2S. The maximum absolute atomic E-state index is 5.37. The quantitative estimate of drug-likeness (QED) is 0.166. The molecule has 10 rings (SSSR count). The molecule has 10 aromatic rings. The lowest BCUT2D eigenvalue weighted by atomic mass is 10.00. The summed E-state index contributed by atoms with van der Waals surface area (Å²) in [5.41, 5.74) is 7.65. The summed E-state index contributed by atoms with van der Waals surface area (Å²) in [6, 6.07) is 58.9. The van der Waals surface area contributed by atoms with Crippen LogP contribution in [0, 0.1) is 0 Å². The first-order valence-electron chi connectivity index (χ1n) is 17.3. The van der Waals surface area contributed by atoms with Crippen LogP contribution >= 0.6 is 11.3 Å². The highest BCUT2D eigenvalue weighted by Crippen LogP contribution is 2.44. The molecule has 8 aromatic carbocycles. The number of thiophene rings is 1. The molecule has 51 heavy (non-hydrogen) atoms. The molecule has 240 valence electrons. The summed E-state index contributed by atoms with van der Waals surface area (Å²) in [7, 11) is 0. The average Bonchev–Trinajstić information content (AvgIpc) is 3.73. The Morgan fingerprint density at radius 2 is 1.25 bits per heavy atom. The third kappa shape index (κ3) is 4.66. The maximum Gasteiger partial charge on any atom is 0.0789 e. The summed E-state index contributed by atoms with van der Waals surface area (Å²) in [6.07, 6.45) is 0. The van der Waals surface area contributed by atoms with Crippen LogP contribution in [0.2, 0.25) is 0 Å². The van der Waals surface area contributed by atoms with Crippen molar-refractivity contribution in [3.05, 3.63) is 185 Å². The topological polar surface area (TPSA) is 17.3 Å². The molecule has 0 amide bonds. The molecular weight excluding hydrogens is 637 g/mol. The van der Waals surface area contributed by atoms with Crippen molar-refractivity contribution in [3.8, 4) is 5.69 Å². The van der Waals surface area contributed by atoms with Gasteiger partial charge in [0, 0.05) is 58.5 Å². The Morgan fingerprint density at radius 3 is 2.10 bits per heavy atom. The third-order valence-corrected chi connectivity index (χ3v) is 11.5. The Morgan fingerprint density at radius 1 is 0.569 bits per heavy atom. The minimum atomic E-state index is 0.931. The van der Waals surface area contributed by atoms with Crippen molar-refractivity contribution in [2.75, 3.05) is 0 Å². The Kier molecular flexibility index (Phi) is 6.77. The van der Waals surface area contributed by atoms with Crippen LogP contribution in [0.5, 0.6) is 0 Å². The van der Waals surface area contributed by atoms with Crippen molar-refractivity contribution >= 4 is 92.8 Å². The van der Waals surface area contributed by atoms with E-state index in [-0.39, 0.29) is 0 Å². The van der Waals surface area contributed by atoms with Gasteiger partial charge in [0.05, 0.1) is 16.7 Å². The molecule has 0 N–H and O–H groups in total. The van der Waals surface area contributed by atoms with Crippen molar-refractivity contribution in [2.24, 2.45) is 4.99 Å². The molecule has 0 saturated carbocycles. The van der Waals surface area contributed by atoms with Gasteiger partial charge in [-0.2, -0.15) is 0 Å². The van der Waals surface area contributed by atoms with Gasteiger partial charge < -0.3 is 4.57 Å². The van der Waals surface area contributed by atoms with Crippen molar-refractivity contribution in [1.82, 2.24) is 4.57 Å². The number of fused-ring (bicyclic) bond motifs is 10. The number of rotatable bonds is 4. The molecule has 0 radical (unpaired) electrons. The molecule has 0 aliphatic rings. The fourth-order valence-electron chi connectivity index (χ4n) is 7.84. The average molecular weight is 669 g/mol. The monoisotopic (exact) mass is 668 g/mol. The fourth-order valence-corrected chi connectivity index (χ4v) is 9.10. The predicted molar refractivity (Wildman–Crippen MR) is 221 cm³/mol. The molecule has 0 unspecified atom stereocenters. The predicted octanol–water partition coefficient (Wildman–Crippen LogP) is 11.5. The molecule has 0 fully saturated rings. The van der Waals surface area contributed by atoms with E-state index in [0.717, 1.165) is 38.7 Å². The van der Waals surface area contributed by atoms with E-state index in [4.69, 9.17) is 4.99 Å². The van der Waals surface area contributed by atoms with Gasteiger partial charge in [-0.25, -0.2) is 0 Å². The summed E-state index contributed by atoms with van der Waals surface area (Å²) in [5.74, 6) is 0. The SMILES string of the molecule is C=c1cccc/c1=C(/N=C(C)c1ccc(-n2c3ccccc3c3ccc4ccc5c6ccccc6sc5c4c32)cc1)c1cccc2ccccc12. The number of benzene rings is 8. The molecule has 0 atom stereocenters. The molecule has 0 bridgehead atoms. The highest BCUT2D eigenvalue weighted by molar-refractivity contribution is 7.26. The fraction of sp³-hybridized carbons (Fsp3) is 0.0208. The number of nitrogens with zero attached hydrogens (tertiary/aromatic N) is 2. The van der Waals surface area contributed by atoms with Gasteiger partial charge in [0.25, 0.3) is 0 Å². The first kappa shape index (κ1) is 29.6. The number of para-hydroxylation sites is 1. The van der Waals surface area contributed by atoms with Crippen LogP contribution in [0.1, 0.15) is 18.1 Å². The molecule has 0 aliphatic carbocycles. The second-order valence-electron chi connectivity index (χ2n) is 13.2. The smallest absolute Gasteiger partial charge is 0.0789 e. The minimum Gasteiger partial charge on any atom is -0.309 e. The molecule has 0 saturated heterocycles. The highest BCUT2D eigenvalue weighted by atomic mass is 32.1. The molecule has 2 nitrogen and oxygen atoms in total. The number of hydrogen-bond acceptors (Lipinski definition) is 2. The normalized spacial score (nSPS) is 12.9. The Bertz CT molecular complexity index is 3150. The summed E-state index contributed by atoms with van der Waals surface area (Å²) < 4.78 is 5.12. The van der Waals surface area contributed by atoms with Gasteiger partial charge >= 0.3 is 0 Å². The third-order valence-electron chi connectivity index (χ3n) is 10.3. The van der Waals surface area contributed by atoms with Crippen molar-refractivity contribution in [3.63, 3.8) is 0 Å². The lowest BCUT2D eigenvalue weighted by Crippen LogP contribution is -2.25. The van der Waals surface area contributed by atoms with Crippen molar-refractivity contribution in [2.45, 2.75) is 6.92 Å². The van der Waals surface area contributed by atoms with Crippen LogP contribution in [-0.4, -0.2) is 10.3 Å². The van der Waals surface area contributed by atoms with E-state index in [9.17, 15) is 0 Å². The minimum absolute atomic E-state index is 0.931. The largest absolute Gasteiger partial charge is 0.309 e. The number of aromatic nitrogens is 1. The summed E-state index contributed by atoms with van der Waals surface area (Å²) in [5, 5.41) is 12.1. The van der Waals surface area contributed by atoms with Crippen LogP contribution in [0.25, 0.3) is 81.5 Å². The van der Waals surface area contributed by atoms with E-state index in [1.54, 1.807) is 0 Å². The van der Waals surface area contributed by atoms with Crippen LogP contribution < -0.4 is 10.4 Å². The van der Waals surface area contributed by atoms with E-state index in [0.29, 0.717) is 0 Å². The van der Waals surface area contributed by atoms with E-state index < -0.39 is 0 Å². The van der Waals surface area contributed by atoms with E-state index in [1.165, 1.54) is 63.5 Å². The van der Waals surface area contributed by atoms with E-state index in [2.05, 4.69) is 176 Å². The molecule has 2 heterocycles. The second-order valence-corrected chi connectivity index (χ2v) is 14.3. The van der Waals surface area contributed by atoms with Gasteiger partial charge in [0.1, 0.15) is 0 Å². The maximum atomic E-state index is 5.37. The van der Waals surface area contributed by atoms with E-state index >= 15 is 0 Å². The summed E-state index contributed by atoms with van der Waals surface area (Å²) in [4.78, 5) is 5.37. The van der Waals surface area contributed by atoms with E-state index in [1.807, 2.05) is 17.4 Å². The first-order valence-corrected chi connectivity index (χ1v) is 18.1. The number of aliphatic imine (C=N–C) groups is 1.